The van der Waals surface area contributed by atoms with Crippen LogP contribution in [0.1, 0.15) is 33.6 Å². The van der Waals surface area contributed by atoms with Crippen LogP contribution in [0.4, 0.5) is 0 Å². The van der Waals surface area contributed by atoms with Gasteiger partial charge in [-0.2, -0.15) is 0 Å². The molecule has 1 fully saturated rings. The molecule has 1 N–H and O–H groups in total. The topological polar surface area (TPSA) is 62.1 Å². The normalized spacial score (nSPS) is 23.4. The quantitative estimate of drug-likeness (QED) is 0.600. The van der Waals surface area contributed by atoms with Gasteiger partial charge in [-0.05, 0) is 20.3 Å². The van der Waals surface area contributed by atoms with Crippen molar-refractivity contribution in [2.75, 3.05) is 19.7 Å². The second kappa shape index (κ2) is 6.59. The Hall–Kier alpha value is -1.10. The highest BCUT2D eigenvalue weighted by atomic mass is 16.5. The molecule has 5 nitrogen and oxygen atoms in total. The van der Waals surface area contributed by atoms with E-state index in [0.717, 1.165) is 12.1 Å². The highest BCUT2D eigenvalue weighted by molar-refractivity contribution is 5.89. The molecule has 1 saturated heterocycles. The van der Waals surface area contributed by atoms with Crippen LogP contribution in [-0.4, -0.2) is 47.5 Å². The largest absolute Gasteiger partial charge is 0.411 e. The van der Waals surface area contributed by atoms with E-state index in [-0.39, 0.29) is 24.5 Å². The minimum atomic E-state index is 0.0224. The standard InChI is InChI=1S/C12H22N2O3/c1-4-10-7-14(6-5-11(10)13-16)12(15)8-17-9(2)3/h9-10,16H,4-8H2,1-3H3. The van der Waals surface area contributed by atoms with Gasteiger partial charge < -0.3 is 14.8 Å². The van der Waals surface area contributed by atoms with Crippen LogP contribution in [0.15, 0.2) is 5.16 Å². The molecule has 0 aromatic carbocycles. The van der Waals surface area contributed by atoms with E-state index in [9.17, 15) is 4.79 Å². The Labute approximate surface area is 102 Å². The Bertz CT molecular complexity index is 289. The van der Waals surface area contributed by atoms with Gasteiger partial charge in [0.2, 0.25) is 5.91 Å². The van der Waals surface area contributed by atoms with E-state index in [1.54, 1.807) is 4.90 Å². The first-order chi connectivity index (χ1) is 8.08. The second-order valence-electron chi connectivity index (χ2n) is 4.65. The van der Waals surface area contributed by atoms with E-state index < -0.39 is 0 Å². The summed E-state index contributed by atoms with van der Waals surface area (Å²) in [6.45, 7) is 7.25. The lowest BCUT2D eigenvalue weighted by Crippen LogP contribution is -2.45. The maximum Gasteiger partial charge on any atom is 0.248 e. The Morgan fingerprint density at radius 2 is 2.35 bits per heavy atom. The predicted molar refractivity (Wildman–Crippen MR) is 65.3 cm³/mol. The highest BCUT2D eigenvalue weighted by Gasteiger charge is 2.27. The van der Waals surface area contributed by atoms with Crippen LogP contribution >= 0.6 is 0 Å². The summed E-state index contributed by atoms with van der Waals surface area (Å²) in [6.07, 6.45) is 1.61. The Balaban J connectivity index is 2.49. The van der Waals surface area contributed by atoms with E-state index in [1.165, 1.54) is 0 Å². The smallest absolute Gasteiger partial charge is 0.248 e. The van der Waals surface area contributed by atoms with Crippen molar-refractivity contribution < 1.29 is 14.7 Å². The number of nitrogens with zero attached hydrogens (tertiary/aromatic N) is 2. The average molecular weight is 242 g/mol. The van der Waals surface area contributed by atoms with Gasteiger partial charge in [0.05, 0.1) is 11.8 Å². The van der Waals surface area contributed by atoms with Crippen molar-refractivity contribution in [2.24, 2.45) is 11.1 Å². The fourth-order valence-electron chi connectivity index (χ4n) is 1.97. The minimum absolute atomic E-state index is 0.0224. The molecule has 1 rings (SSSR count). The van der Waals surface area contributed by atoms with Crippen LogP contribution in [0.2, 0.25) is 0 Å². The maximum absolute atomic E-state index is 11.9. The fraction of sp³-hybridized carbons (Fsp3) is 0.833. The molecule has 0 bridgehead atoms. The van der Waals surface area contributed by atoms with Crippen molar-refractivity contribution >= 4 is 11.6 Å². The number of oxime groups is 1. The lowest BCUT2D eigenvalue weighted by molar-refractivity contribution is -0.138. The number of rotatable bonds is 4. The number of piperidine rings is 1. The van der Waals surface area contributed by atoms with Gasteiger partial charge >= 0.3 is 0 Å². The van der Waals surface area contributed by atoms with Gasteiger partial charge in [0, 0.05) is 25.4 Å². The van der Waals surface area contributed by atoms with Crippen LogP contribution < -0.4 is 0 Å². The van der Waals surface area contributed by atoms with E-state index in [1.807, 2.05) is 20.8 Å². The van der Waals surface area contributed by atoms with Crippen molar-refractivity contribution in [1.82, 2.24) is 4.90 Å². The molecule has 0 aliphatic carbocycles. The molecule has 1 unspecified atom stereocenters. The third-order valence-corrected chi connectivity index (χ3v) is 3.06. The molecule has 0 saturated carbocycles. The third-order valence-electron chi connectivity index (χ3n) is 3.06. The number of likely N-dealkylation sites (tertiary alicyclic amines) is 1. The van der Waals surface area contributed by atoms with E-state index >= 15 is 0 Å². The molecule has 98 valence electrons. The first-order valence-electron chi connectivity index (χ1n) is 6.18. The first kappa shape index (κ1) is 14.0. The Kier molecular flexibility index (Phi) is 5.41. The zero-order valence-electron chi connectivity index (χ0n) is 10.8. The maximum atomic E-state index is 11.9. The number of ether oxygens (including phenoxy) is 1. The molecule has 1 amide bonds. The van der Waals surface area contributed by atoms with Crippen LogP contribution in [0.25, 0.3) is 0 Å². The highest BCUT2D eigenvalue weighted by Crippen LogP contribution is 2.17. The van der Waals surface area contributed by atoms with E-state index in [4.69, 9.17) is 9.94 Å². The summed E-state index contributed by atoms with van der Waals surface area (Å²) in [5.74, 6) is 0.200. The summed E-state index contributed by atoms with van der Waals surface area (Å²) in [7, 11) is 0. The number of carbonyl (C=O) groups excluding carboxylic acids is 1. The van der Waals surface area contributed by atoms with Gasteiger partial charge in [0.25, 0.3) is 0 Å². The lowest BCUT2D eigenvalue weighted by Gasteiger charge is -2.32. The number of carbonyl (C=O) groups is 1. The van der Waals surface area contributed by atoms with Gasteiger partial charge in [0.1, 0.15) is 6.61 Å². The molecular formula is C12H22N2O3. The van der Waals surface area contributed by atoms with Crippen LogP contribution in [-0.2, 0) is 9.53 Å². The monoisotopic (exact) mass is 242 g/mol. The van der Waals surface area contributed by atoms with Crippen LogP contribution in [0.3, 0.4) is 0 Å². The number of hydrogen-bond donors (Lipinski definition) is 1. The van der Waals surface area contributed by atoms with E-state index in [0.29, 0.717) is 19.5 Å². The van der Waals surface area contributed by atoms with Gasteiger partial charge in [-0.15, -0.1) is 0 Å². The lowest BCUT2D eigenvalue weighted by atomic mass is 9.93. The Morgan fingerprint density at radius 3 is 2.88 bits per heavy atom. The van der Waals surface area contributed by atoms with Crippen molar-refractivity contribution in [1.29, 1.82) is 0 Å². The molecule has 1 atom stereocenters. The van der Waals surface area contributed by atoms with Crippen molar-refractivity contribution in [3.05, 3.63) is 0 Å². The molecule has 1 heterocycles. The molecule has 0 aromatic rings. The fourth-order valence-corrected chi connectivity index (χ4v) is 1.97. The number of amides is 1. The molecule has 0 aromatic heterocycles. The third kappa shape index (κ3) is 4.00. The van der Waals surface area contributed by atoms with Crippen molar-refractivity contribution in [3.8, 4) is 0 Å². The molecular weight excluding hydrogens is 220 g/mol. The summed E-state index contributed by atoms with van der Waals surface area (Å²) in [4.78, 5) is 13.7. The zero-order chi connectivity index (χ0) is 12.8. The van der Waals surface area contributed by atoms with Crippen LogP contribution in [0.5, 0.6) is 0 Å². The summed E-state index contributed by atoms with van der Waals surface area (Å²) < 4.78 is 5.31. The predicted octanol–water partition coefficient (Wildman–Crippen LogP) is 1.50. The zero-order valence-corrected chi connectivity index (χ0v) is 10.8. The summed E-state index contributed by atoms with van der Waals surface area (Å²) in [5, 5.41) is 12.2. The van der Waals surface area contributed by atoms with E-state index in [2.05, 4.69) is 5.16 Å². The van der Waals surface area contributed by atoms with Crippen molar-refractivity contribution in [3.63, 3.8) is 0 Å². The molecule has 0 radical (unpaired) electrons. The molecule has 1 aliphatic rings. The summed E-state index contributed by atoms with van der Waals surface area (Å²) in [6, 6.07) is 0. The van der Waals surface area contributed by atoms with Gasteiger partial charge in [-0.1, -0.05) is 12.1 Å². The SMILES string of the molecule is CCC1CN(C(=O)COC(C)C)CCC1=NO. The minimum Gasteiger partial charge on any atom is -0.411 e. The van der Waals surface area contributed by atoms with Gasteiger partial charge in [-0.25, -0.2) is 0 Å². The molecule has 17 heavy (non-hydrogen) atoms. The summed E-state index contributed by atoms with van der Waals surface area (Å²) >= 11 is 0. The average Bonchev–Trinajstić information content (AvgIpc) is 2.34. The molecule has 0 spiro atoms. The molecule has 5 heteroatoms. The van der Waals surface area contributed by atoms with Crippen LogP contribution in [0, 0.1) is 5.92 Å². The number of hydrogen-bond acceptors (Lipinski definition) is 4. The molecule has 1 aliphatic heterocycles. The van der Waals surface area contributed by atoms with Gasteiger partial charge in [-0.3, -0.25) is 4.79 Å². The second-order valence-corrected chi connectivity index (χ2v) is 4.65. The first-order valence-corrected chi connectivity index (χ1v) is 6.18. The van der Waals surface area contributed by atoms with Gasteiger partial charge in [0.15, 0.2) is 0 Å². The summed E-state index contributed by atoms with van der Waals surface area (Å²) in [5.41, 5.74) is 0.807. The van der Waals surface area contributed by atoms with Crippen molar-refractivity contribution in [2.45, 2.75) is 39.7 Å². The Morgan fingerprint density at radius 1 is 1.65 bits per heavy atom.